The van der Waals surface area contributed by atoms with Crippen LogP contribution in [0.4, 0.5) is 0 Å². The first-order valence-electron chi connectivity index (χ1n) is 22.0. The predicted octanol–water partition coefficient (Wildman–Crippen LogP) is 12.4. The molecule has 2 saturated heterocycles. The van der Waals surface area contributed by atoms with Crippen molar-refractivity contribution in [2.75, 3.05) is 26.2 Å². The van der Waals surface area contributed by atoms with Crippen molar-refractivity contribution in [1.82, 2.24) is 40.4 Å². The summed E-state index contributed by atoms with van der Waals surface area (Å²) in [7, 11) is 0. The van der Waals surface area contributed by atoms with Gasteiger partial charge in [-0.15, -0.1) is 0 Å². The van der Waals surface area contributed by atoms with Crippen molar-refractivity contribution in [3.63, 3.8) is 0 Å². The number of imidazole rings is 2. The van der Waals surface area contributed by atoms with Crippen molar-refractivity contribution in [2.24, 2.45) is 0 Å². The van der Waals surface area contributed by atoms with Crippen LogP contribution in [0.1, 0.15) is 117 Å². The minimum atomic E-state index is 0.211. The van der Waals surface area contributed by atoms with Crippen LogP contribution < -0.4 is 10.6 Å². The van der Waals surface area contributed by atoms with Gasteiger partial charge in [0.2, 0.25) is 0 Å². The molecule has 3 aromatic carbocycles. The molecule has 8 heteroatoms. The lowest BCUT2D eigenvalue weighted by molar-refractivity contribution is 0.284. The zero-order chi connectivity index (χ0) is 41.3. The van der Waals surface area contributed by atoms with Crippen LogP contribution in [0.15, 0.2) is 117 Å². The summed E-state index contributed by atoms with van der Waals surface area (Å²) in [5.41, 5.74) is 10.0. The van der Waals surface area contributed by atoms with Gasteiger partial charge >= 0.3 is 0 Å². The van der Waals surface area contributed by atoms with Crippen molar-refractivity contribution in [3.05, 3.63) is 123 Å². The fraction of sp³-hybridized carbons (Fsp3) is 0.440. The van der Waals surface area contributed by atoms with E-state index < -0.39 is 0 Å². The Labute approximate surface area is 349 Å². The molecule has 310 valence electrons. The Bertz CT molecular complexity index is 2050. The lowest BCUT2D eigenvalue weighted by atomic mass is 9.99. The SMILES string of the molecule is C=C(CC)NCCCCC.C=C(CC)N[C@@H](CCCC)C(=C)N1CCC[C@H]1c1nc2ccc(-c3ccc4cc(-c5cnc[nH]5)ccc4c3)cc2[nH]1.C=CN1CCCC1. The van der Waals surface area contributed by atoms with E-state index in [1.807, 2.05) is 12.4 Å². The molecule has 0 saturated carbocycles. The molecular weight excluding hydrogens is 713 g/mol. The second kappa shape index (κ2) is 22.6. The highest BCUT2D eigenvalue weighted by Gasteiger charge is 2.32. The average molecular weight is 783 g/mol. The van der Waals surface area contributed by atoms with Gasteiger partial charge in [-0.05, 0) is 104 Å². The second-order valence-electron chi connectivity index (χ2n) is 15.8. The standard InChI is InChI=1S/C35H40N6.C9H19N.C6H11N/c1-5-7-9-30(38-23(3)6-2)24(4)41-17-8-10-34(41)35-39-31-16-15-28(20-32(31)40-35)26-11-12-27-19-29(14-13-25(27)18-26)33-21-36-22-37-33;1-4-6-7-8-10-9(3)5-2;1-2-7-5-3-4-6-7/h11-16,18-22,30,34,38H,3-10,17H2,1-2H3,(H,36,37)(H,39,40);10H,3-8H2,1-2H3;2H,1,3-6H2/t30-,34-;;/m0../s1. The highest BCUT2D eigenvalue weighted by atomic mass is 15.2. The number of nitrogens with zero attached hydrogens (tertiary/aromatic N) is 4. The van der Waals surface area contributed by atoms with Gasteiger partial charge in [-0.3, -0.25) is 0 Å². The van der Waals surface area contributed by atoms with E-state index in [1.165, 1.54) is 79.9 Å². The van der Waals surface area contributed by atoms with Gasteiger partial charge in [0.1, 0.15) is 5.82 Å². The number of likely N-dealkylation sites (tertiary alicyclic amines) is 2. The Morgan fingerprint density at radius 3 is 2.17 bits per heavy atom. The fourth-order valence-electron chi connectivity index (χ4n) is 7.74. The number of aromatic amines is 2. The number of H-pyrrole nitrogens is 2. The van der Waals surface area contributed by atoms with Crippen molar-refractivity contribution in [3.8, 4) is 22.4 Å². The Morgan fingerprint density at radius 1 is 0.828 bits per heavy atom. The van der Waals surface area contributed by atoms with Gasteiger partial charge in [0, 0.05) is 48.8 Å². The summed E-state index contributed by atoms with van der Waals surface area (Å²) in [6, 6.07) is 20.2. The van der Waals surface area contributed by atoms with Crippen LogP contribution in [0.5, 0.6) is 0 Å². The van der Waals surface area contributed by atoms with Gasteiger partial charge < -0.3 is 30.4 Å². The van der Waals surface area contributed by atoms with Crippen LogP contribution in [0, 0.1) is 0 Å². The Hall–Kier alpha value is -5.24. The molecule has 0 spiro atoms. The van der Waals surface area contributed by atoms with Gasteiger partial charge in [0.15, 0.2) is 0 Å². The predicted molar refractivity (Wildman–Crippen MR) is 248 cm³/mol. The quantitative estimate of drug-likeness (QED) is 0.0662. The number of unbranched alkanes of at least 4 members (excludes halogenated alkanes) is 3. The molecule has 0 bridgehead atoms. The third kappa shape index (κ3) is 12.1. The molecule has 0 radical (unpaired) electrons. The minimum Gasteiger partial charge on any atom is -0.389 e. The summed E-state index contributed by atoms with van der Waals surface area (Å²) in [5, 5.41) is 9.35. The number of nitrogens with one attached hydrogen (secondary N) is 4. The summed E-state index contributed by atoms with van der Waals surface area (Å²) in [5.74, 6) is 1.03. The maximum absolute atomic E-state index is 5.06. The molecular formula is C50H70N8. The van der Waals surface area contributed by atoms with Crippen LogP contribution in [-0.4, -0.2) is 62.0 Å². The maximum atomic E-state index is 5.06. The van der Waals surface area contributed by atoms with E-state index in [0.29, 0.717) is 0 Å². The van der Waals surface area contributed by atoms with E-state index >= 15 is 0 Å². The van der Waals surface area contributed by atoms with Gasteiger partial charge in [-0.25, -0.2) is 9.97 Å². The van der Waals surface area contributed by atoms with E-state index in [1.54, 1.807) is 6.33 Å². The summed E-state index contributed by atoms with van der Waals surface area (Å²) in [4.78, 5) is 20.8. The highest BCUT2D eigenvalue weighted by molar-refractivity contribution is 5.91. The third-order valence-corrected chi connectivity index (χ3v) is 11.5. The van der Waals surface area contributed by atoms with Crippen molar-refractivity contribution >= 4 is 21.8 Å². The smallest absolute Gasteiger partial charge is 0.130 e. The highest BCUT2D eigenvalue weighted by Crippen LogP contribution is 2.36. The van der Waals surface area contributed by atoms with Gasteiger partial charge in [-0.2, -0.15) is 0 Å². The van der Waals surface area contributed by atoms with Crippen molar-refractivity contribution < 1.29 is 0 Å². The molecule has 2 aromatic heterocycles. The number of hydrogen-bond donors (Lipinski definition) is 4. The molecule has 8 nitrogen and oxygen atoms in total. The molecule has 58 heavy (non-hydrogen) atoms. The molecule has 4 heterocycles. The molecule has 0 aliphatic carbocycles. The first kappa shape index (κ1) is 43.9. The Balaban J connectivity index is 0.000000313. The van der Waals surface area contributed by atoms with Gasteiger partial charge in [0.25, 0.3) is 0 Å². The molecule has 2 atom stereocenters. The summed E-state index contributed by atoms with van der Waals surface area (Å²) >= 11 is 0. The number of allylic oxidation sites excluding steroid dienone is 2. The topological polar surface area (TPSA) is 87.9 Å². The largest absolute Gasteiger partial charge is 0.389 e. The summed E-state index contributed by atoms with van der Waals surface area (Å²) in [6.45, 7) is 29.6. The number of fused-ring (bicyclic) bond motifs is 2. The molecule has 0 amide bonds. The van der Waals surface area contributed by atoms with E-state index in [-0.39, 0.29) is 12.1 Å². The van der Waals surface area contributed by atoms with Crippen LogP contribution in [0.2, 0.25) is 0 Å². The lowest BCUT2D eigenvalue weighted by Gasteiger charge is -2.33. The minimum absolute atomic E-state index is 0.211. The normalized spacial score (nSPS) is 15.3. The number of hydrogen-bond acceptors (Lipinski definition) is 6. The first-order valence-corrected chi connectivity index (χ1v) is 22.0. The summed E-state index contributed by atoms with van der Waals surface area (Å²) < 4.78 is 0. The maximum Gasteiger partial charge on any atom is 0.130 e. The van der Waals surface area contributed by atoms with E-state index in [9.17, 15) is 0 Å². The van der Waals surface area contributed by atoms with Crippen molar-refractivity contribution in [2.45, 2.75) is 117 Å². The van der Waals surface area contributed by atoms with E-state index in [2.05, 4.69) is 144 Å². The lowest BCUT2D eigenvalue weighted by Crippen LogP contribution is -2.38. The van der Waals surface area contributed by atoms with E-state index in [4.69, 9.17) is 4.98 Å². The van der Waals surface area contributed by atoms with E-state index in [0.717, 1.165) is 90.4 Å². The van der Waals surface area contributed by atoms with Crippen LogP contribution in [-0.2, 0) is 0 Å². The molecule has 5 aromatic rings. The first-order chi connectivity index (χ1) is 28.3. The second-order valence-corrected chi connectivity index (χ2v) is 15.8. The van der Waals surface area contributed by atoms with Crippen molar-refractivity contribution in [1.29, 1.82) is 0 Å². The molecule has 2 fully saturated rings. The van der Waals surface area contributed by atoms with Crippen LogP contribution in [0.3, 0.4) is 0 Å². The number of rotatable bonds is 18. The fourth-order valence-corrected chi connectivity index (χ4v) is 7.74. The Kier molecular flexibility index (Phi) is 17.1. The molecule has 4 N–H and O–H groups in total. The molecule has 2 aliphatic heterocycles. The number of benzene rings is 3. The number of aromatic nitrogens is 4. The van der Waals surface area contributed by atoms with Gasteiger partial charge in [-0.1, -0.05) is 110 Å². The van der Waals surface area contributed by atoms with Gasteiger partial charge in [0.05, 0.1) is 41.3 Å². The monoisotopic (exact) mass is 783 g/mol. The third-order valence-electron chi connectivity index (χ3n) is 11.5. The van der Waals surface area contributed by atoms with Crippen LogP contribution in [0.25, 0.3) is 44.2 Å². The Morgan fingerprint density at radius 2 is 1.52 bits per heavy atom. The molecule has 0 unspecified atom stereocenters. The molecule has 7 rings (SSSR count). The molecule has 2 aliphatic rings. The summed E-state index contributed by atoms with van der Waals surface area (Å²) in [6.07, 6.45) is 19.7. The average Bonchev–Trinajstić information content (AvgIpc) is 4.11. The zero-order valence-electron chi connectivity index (χ0n) is 36.0. The van der Waals surface area contributed by atoms with Crippen LogP contribution >= 0.6 is 0 Å². The zero-order valence-corrected chi connectivity index (χ0v) is 36.0.